The molecule has 0 atom stereocenters. The quantitative estimate of drug-likeness (QED) is 0.188. The highest BCUT2D eigenvalue weighted by atomic mass is 35.5. The predicted octanol–water partition coefficient (Wildman–Crippen LogP) is 6.58. The fourth-order valence-electron chi connectivity index (χ4n) is 4.03. The molecule has 1 aromatic carbocycles. The first-order valence-corrected chi connectivity index (χ1v) is 11.7. The number of nitrogens with zero attached hydrogens (tertiary/aromatic N) is 3. The Kier molecular flexibility index (Phi) is 6.32. The smallest absolute Gasteiger partial charge is 0.138 e. The van der Waals surface area contributed by atoms with Gasteiger partial charge in [-0.05, 0) is 43.3 Å². The lowest BCUT2D eigenvalue weighted by molar-refractivity contribution is 1.05. The Morgan fingerprint density at radius 1 is 0.914 bits per heavy atom. The molecule has 7 nitrogen and oxygen atoms in total. The minimum absolute atomic E-state index is 0.533. The van der Waals surface area contributed by atoms with Crippen LogP contribution in [0.2, 0.25) is 10.0 Å². The van der Waals surface area contributed by atoms with Crippen LogP contribution in [0.25, 0.3) is 33.6 Å². The molecule has 174 valence electrons. The molecule has 0 bridgehead atoms. The van der Waals surface area contributed by atoms with Crippen molar-refractivity contribution in [1.29, 1.82) is 5.26 Å². The van der Waals surface area contributed by atoms with Crippen molar-refractivity contribution in [2.45, 2.75) is 6.92 Å². The second-order valence-electron chi connectivity index (χ2n) is 8.05. The Bertz CT molecular complexity index is 1500. The molecule has 0 spiro atoms. The van der Waals surface area contributed by atoms with E-state index in [0.29, 0.717) is 28.7 Å². The van der Waals surface area contributed by atoms with Gasteiger partial charge in [0.2, 0.25) is 0 Å². The predicted molar refractivity (Wildman–Crippen MR) is 141 cm³/mol. The highest BCUT2D eigenvalue weighted by molar-refractivity contribution is 6.36. The number of nitriles is 1. The van der Waals surface area contributed by atoms with Crippen LogP contribution >= 0.6 is 23.2 Å². The zero-order chi connectivity index (χ0) is 24.4. The number of fused-ring (bicyclic) bond motifs is 1. The van der Waals surface area contributed by atoms with Crippen LogP contribution in [0.4, 0.5) is 11.6 Å². The lowest BCUT2D eigenvalue weighted by atomic mass is 9.95. The third-order valence-electron chi connectivity index (χ3n) is 5.66. The number of aryl methyl sites for hydroxylation is 1. The van der Waals surface area contributed by atoms with Crippen molar-refractivity contribution in [2.75, 3.05) is 23.7 Å². The molecular weight excluding hydrogens is 481 g/mol. The Morgan fingerprint density at radius 2 is 1.71 bits per heavy atom. The Hall–Kier alpha value is -3.99. The fraction of sp³-hybridized carbons (Fsp3) is 0.115. The van der Waals surface area contributed by atoms with E-state index >= 15 is 0 Å². The Balaban J connectivity index is 1.44. The van der Waals surface area contributed by atoms with Crippen LogP contribution in [-0.2, 0) is 0 Å². The molecule has 0 radical (unpaired) electrons. The van der Waals surface area contributed by atoms with Gasteiger partial charge in [0.05, 0.1) is 5.56 Å². The van der Waals surface area contributed by atoms with Crippen molar-refractivity contribution in [3.05, 3.63) is 82.4 Å². The SMILES string of the molecule is Cc1cnc(-c2ccc3c(NCCNc4ccc(C#N)cn4)[nH]cc(-c4ccc(Cl)cc4Cl)c2-3)[nH]1. The van der Waals surface area contributed by atoms with E-state index in [9.17, 15) is 0 Å². The maximum Gasteiger partial charge on any atom is 0.138 e. The molecule has 0 amide bonds. The number of imidazole rings is 1. The van der Waals surface area contributed by atoms with E-state index in [2.05, 4.69) is 48.8 Å². The van der Waals surface area contributed by atoms with Gasteiger partial charge in [-0.3, -0.25) is 0 Å². The number of hydrogen-bond acceptors (Lipinski definition) is 5. The number of benzene rings is 1. The molecule has 0 saturated carbocycles. The standard InChI is InChI=1S/C26H21Cl2N7/c1-15-12-33-26(35-15)20-6-5-19-24(20)21(18-4-3-17(27)10-22(18)28)14-34-25(19)31-9-8-30-23-7-2-16(11-29)13-32-23/h2-7,10,12-14,31,34H,8-9H2,1H3,(H,30,32)(H,33,35). The topological polar surface area (TPSA) is 105 Å². The molecule has 1 aliphatic carbocycles. The number of halogens is 2. The van der Waals surface area contributed by atoms with E-state index in [0.717, 1.165) is 51.0 Å². The van der Waals surface area contributed by atoms with E-state index < -0.39 is 0 Å². The molecule has 4 N–H and O–H groups in total. The molecular formula is C26H21Cl2N7. The minimum Gasteiger partial charge on any atom is -0.369 e. The number of pyridine rings is 2. The first-order valence-electron chi connectivity index (χ1n) is 11.0. The van der Waals surface area contributed by atoms with E-state index in [1.54, 1.807) is 24.4 Å². The summed E-state index contributed by atoms with van der Waals surface area (Å²) in [6, 6.07) is 15.3. The van der Waals surface area contributed by atoms with Gasteiger partial charge in [-0.25, -0.2) is 9.97 Å². The maximum atomic E-state index is 8.91. The summed E-state index contributed by atoms with van der Waals surface area (Å²) in [5.74, 6) is 2.41. The van der Waals surface area contributed by atoms with E-state index in [1.807, 2.05) is 31.5 Å². The van der Waals surface area contributed by atoms with E-state index in [-0.39, 0.29) is 0 Å². The third-order valence-corrected chi connectivity index (χ3v) is 6.21. The van der Waals surface area contributed by atoms with Crippen LogP contribution in [-0.4, -0.2) is 33.0 Å². The Morgan fingerprint density at radius 3 is 2.43 bits per heavy atom. The molecule has 1 aliphatic heterocycles. The summed E-state index contributed by atoms with van der Waals surface area (Å²) in [4.78, 5) is 15.5. The summed E-state index contributed by atoms with van der Waals surface area (Å²) in [7, 11) is 0. The number of rotatable bonds is 7. The van der Waals surface area contributed by atoms with Gasteiger partial charge in [-0.2, -0.15) is 5.26 Å². The monoisotopic (exact) mass is 501 g/mol. The van der Waals surface area contributed by atoms with Gasteiger partial charge in [0.15, 0.2) is 0 Å². The largest absolute Gasteiger partial charge is 0.369 e. The Labute approximate surface area is 212 Å². The third kappa shape index (κ3) is 4.67. The summed E-state index contributed by atoms with van der Waals surface area (Å²) in [6.45, 7) is 3.27. The van der Waals surface area contributed by atoms with Gasteiger partial charge in [0.25, 0.3) is 0 Å². The lowest BCUT2D eigenvalue weighted by Crippen LogP contribution is -2.15. The summed E-state index contributed by atoms with van der Waals surface area (Å²) >= 11 is 12.7. The number of H-pyrrole nitrogens is 2. The van der Waals surface area contributed by atoms with Crippen molar-refractivity contribution in [2.24, 2.45) is 0 Å². The summed E-state index contributed by atoms with van der Waals surface area (Å²) in [6.07, 6.45) is 5.32. The van der Waals surface area contributed by atoms with Crippen molar-refractivity contribution in [3.63, 3.8) is 0 Å². The van der Waals surface area contributed by atoms with Crippen LogP contribution in [0.1, 0.15) is 11.3 Å². The molecule has 0 unspecified atom stereocenters. The van der Waals surface area contributed by atoms with Crippen LogP contribution < -0.4 is 10.6 Å². The molecule has 35 heavy (non-hydrogen) atoms. The van der Waals surface area contributed by atoms with Gasteiger partial charge in [0.1, 0.15) is 23.5 Å². The van der Waals surface area contributed by atoms with E-state index in [1.165, 1.54) is 0 Å². The number of nitrogens with one attached hydrogen (secondary N) is 4. The normalized spacial score (nSPS) is 10.9. The zero-order valence-corrected chi connectivity index (χ0v) is 20.3. The lowest BCUT2D eigenvalue weighted by Gasteiger charge is -2.18. The summed E-state index contributed by atoms with van der Waals surface area (Å²) in [5.41, 5.74) is 6.41. The van der Waals surface area contributed by atoms with Crippen molar-refractivity contribution < 1.29 is 0 Å². The first-order chi connectivity index (χ1) is 17.0. The average molecular weight is 502 g/mol. The highest BCUT2D eigenvalue weighted by Crippen LogP contribution is 2.46. The molecule has 0 saturated heterocycles. The van der Waals surface area contributed by atoms with E-state index in [4.69, 9.17) is 28.5 Å². The minimum atomic E-state index is 0.533. The maximum absolute atomic E-state index is 8.91. The van der Waals surface area contributed by atoms with Gasteiger partial charge >= 0.3 is 0 Å². The van der Waals surface area contributed by atoms with Crippen LogP contribution in [0.15, 0.2) is 61.1 Å². The molecule has 9 heteroatoms. The second-order valence-corrected chi connectivity index (χ2v) is 8.89. The van der Waals surface area contributed by atoms with Crippen LogP contribution in [0.5, 0.6) is 0 Å². The van der Waals surface area contributed by atoms with Crippen molar-refractivity contribution >= 4 is 34.8 Å². The van der Waals surface area contributed by atoms with Crippen LogP contribution in [0.3, 0.4) is 0 Å². The number of hydrogen-bond donors (Lipinski definition) is 4. The van der Waals surface area contributed by atoms with Crippen molar-refractivity contribution in [1.82, 2.24) is 19.9 Å². The average Bonchev–Trinajstić information content (AvgIpc) is 3.49. The van der Waals surface area contributed by atoms with Gasteiger partial charge in [-0.15, -0.1) is 0 Å². The molecule has 0 fully saturated rings. The zero-order valence-electron chi connectivity index (χ0n) is 18.8. The molecule has 2 aliphatic rings. The van der Waals surface area contributed by atoms with Crippen LogP contribution in [0, 0.1) is 18.3 Å². The van der Waals surface area contributed by atoms with Crippen molar-refractivity contribution in [3.8, 4) is 39.7 Å². The highest BCUT2D eigenvalue weighted by Gasteiger charge is 2.23. The second kappa shape index (κ2) is 9.71. The fourth-order valence-corrected chi connectivity index (χ4v) is 4.54. The summed E-state index contributed by atoms with van der Waals surface area (Å²) < 4.78 is 0. The van der Waals surface area contributed by atoms with Gasteiger partial charge in [-0.1, -0.05) is 29.3 Å². The number of anilines is 2. The summed E-state index contributed by atoms with van der Waals surface area (Å²) in [5, 5.41) is 16.8. The molecule has 3 heterocycles. The number of aromatic amines is 2. The molecule has 2 aromatic heterocycles. The number of aromatic nitrogens is 4. The first kappa shape index (κ1) is 22.8. The molecule has 3 aromatic rings. The molecule has 5 rings (SSSR count). The van der Waals surface area contributed by atoms with Gasteiger partial charge < -0.3 is 20.6 Å². The van der Waals surface area contributed by atoms with Gasteiger partial charge in [0, 0.05) is 75.2 Å².